The summed E-state index contributed by atoms with van der Waals surface area (Å²) in [5, 5.41) is 0. The summed E-state index contributed by atoms with van der Waals surface area (Å²) in [6.07, 6.45) is 4.72. The predicted molar refractivity (Wildman–Crippen MR) is 62.8 cm³/mol. The molecule has 2 heterocycles. The van der Waals surface area contributed by atoms with Crippen molar-refractivity contribution >= 4 is 16.9 Å². The van der Waals surface area contributed by atoms with E-state index in [9.17, 15) is 9.00 Å². The second-order valence-electron chi connectivity index (χ2n) is 4.48. The van der Waals surface area contributed by atoms with Crippen LogP contribution in [0.5, 0.6) is 0 Å². The molecule has 2 fully saturated rings. The van der Waals surface area contributed by atoms with Gasteiger partial charge in [0.25, 0.3) is 0 Å². The fraction of sp³-hybridized carbons (Fsp3) is 0.909. The van der Waals surface area contributed by atoms with Crippen molar-refractivity contribution in [2.45, 2.75) is 38.2 Å². The van der Waals surface area contributed by atoms with E-state index in [0.29, 0.717) is 11.5 Å². The Hall–Kier alpha value is -0.580. The van der Waals surface area contributed by atoms with Gasteiger partial charge in [-0.25, -0.2) is 4.79 Å². The van der Waals surface area contributed by atoms with Gasteiger partial charge in [0.15, 0.2) is 0 Å². The maximum Gasteiger partial charge on any atom is 0.410 e. The molecule has 2 aliphatic rings. The number of hydrogen-bond acceptors (Lipinski definition) is 3. The first kappa shape index (κ1) is 11.9. The quantitative estimate of drug-likeness (QED) is 0.703. The van der Waals surface area contributed by atoms with Gasteiger partial charge in [-0.05, 0) is 32.1 Å². The zero-order valence-electron chi connectivity index (χ0n) is 9.52. The highest BCUT2D eigenvalue weighted by atomic mass is 32.2. The molecular weight excluding hydrogens is 226 g/mol. The van der Waals surface area contributed by atoms with Crippen LogP contribution in [-0.2, 0) is 15.5 Å². The molecule has 4 nitrogen and oxygen atoms in total. The average molecular weight is 245 g/mol. The Bertz CT molecular complexity index is 266. The molecule has 2 saturated heterocycles. The van der Waals surface area contributed by atoms with Gasteiger partial charge in [-0.1, -0.05) is 0 Å². The number of amides is 1. The highest BCUT2D eigenvalue weighted by Crippen LogP contribution is 2.16. The lowest BCUT2D eigenvalue weighted by atomic mass is 10.1. The van der Waals surface area contributed by atoms with Gasteiger partial charge >= 0.3 is 6.09 Å². The second kappa shape index (κ2) is 5.66. The van der Waals surface area contributed by atoms with E-state index in [4.69, 9.17) is 4.74 Å². The van der Waals surface area contributed by atoms with Crippen molar-refractivity contribution in [2.24, 2.45) is 0 Å². The summed E-state index contributed by atoms with van der Waals surface area (Å²) in [6.45, 7) is 1.66. The van der Waals surface area contributed by atoms with Crippen molar-refractivity contribution in [3.05, 3.63) is 0 Å². The van der Waals surface area contributed by atoms with Gasteiger partial charge in [-0.2, -0.15) is 0 Å². The van der Waals surface area contributed by atoms with Crippen molar-refractivity contribution < 1.29 is 13.7 Å². The van der Waals surface area contributed by atoms with Crippen LogP contribution in [0.15, 0.2) is 0 Å². The normalized spacial score (nSPS) is 31.1. The van der Waals surface area contributed by atoms with Gasteiger partial charge in [0.05, 0.1) is 0 Å². The van der Waals surface area contributed by atoms with Crippen LogP contribution in [-0.4, -0.2) is 45.9 Å². The van der Waals surface area contributed by atoms with E-state index < -0.39 is 10.8 Å². The first-order valence-corrected chi connectivity index (χ1v) is 7.55. The van der Waals surface area contributed by atoms with Crippen LogP contribution in [0.3, 0.4) is 0 Å². The summed E-state index contributed by atoms with van der Waals surface area (Å²) in [7, 11) is -0.685. The van der Waals surface area contributed by atoms with Gasteiger partial charge in [0, 0.05) is 35.4 Å². The minimum Gasteiger partial charge on any atom is -0.446 e. The molecule has 0 aliphatic carbocycles. The summed E-state index contributed by atoms with van der Waals surface area (Å²) in [4.78, 5) is 13.6. The van der Waals surface area contributed by atoms with Crippen molar-refractivity contribution in [3.63, 3.8) is 0 Å². The number of rotatable bonds is 1. The molecule has 0 saturated carbocycles. The van der Waals surface area contributed by atoms with Crippen LogP contribution in [0.4, 0.5) is 4.79 Å². The largest absolute Gasteiger partial charge is 0.446 e. The molecule has 2 rings (SSSR count). The molecule has 0 bridgehead atoms. The van der Waals surface area contributed by atoms with Crippen LogP contribution in [0.25, 0.3) is 0 Å². The highest BCUT2D eigenvalue weighted by molar-refractivity contribution is 7.85. The fourth-order valence-electron chi connectivity index (χ4n) is 2.18. The highest BCUT2D eigenvalue weighted by Gasteiger charge is 2.24. The Morgan fingerprint density at radius 2 is 1.75 bits per heavy atom. The number of carbonyl (C=O) groups excluding carboxylic acids is 1. The molecular formula is C11H19NO3S. The summed E-state index contributed by atoms with van der Waals surface area (Å²) >= 11 is 0. The number of carbonyl (C=O) groups is 1. The molecule has 92 valence electrons. The predicted octanol–water partition coefficient (Wildman–Crippen LogP) is 1.52. The molecule has 0 aromatic carbocycles. The van der Waals surface area contributed by atoms with Gasteiger partial charge in [-0.3, -0.25) is 4.21 Å². The SMILES string of the molecule is O=C(OC1CCS(=O)CC1)N1CCCCC1. The van der Waals surface area contributed by atoms with Crippen molar-refractivity contribution in [1.82, 2.24) is 4.90 Å². The third kappa shape index (κ3) is 3.20. The van der Waals surface area contributed by atoms with Crippen LogP contribution < -0.4 is 0 Å². The van der Waals surface area contributed by atoms with Crippen molar-refractivity contribution in [3.8, 4) is 0 Å². The summed E-state index contributed by atoms with van der Waals surface area (Å²) in [5.74, 6) is 1.36. The molecule has 0 spiro atoms. The lowest BCUT2D eigenvalue weighted by molar-refractivity contribution is 0.0539. The standard InChI is InChI=1S/C11H19NO3S/c13-11(12-6-2-1-3-7-12)15-10-4-8-16(14)9-5-10/h10H,1-9H2. The number of likely N-dealkylation sites (tertiary alicyclic amines) is 1. The first-order chi connectivity index (χ1) is 7.75. The van der Waals surface area contributed by atoms with E-state index in [1.807, 2.05) is 0 Å². The summed E-state index contributed by atoms with van der Waals surface area (Å²) in [6, 6.07) is 0. The van der Waals surface area contributed by atoms with E-state index in [2.05, 4.69) is 0 Å². The van der Waals surface area contributed by atoms with E-state index in [-0.39, 0.29) is 12.2 Å². The van der Waals surface area contributed by atoms with Gasteiger partial charge in [-0.15, -0.1) is 0 Å². The monoisotopic (exact) mass is 245 g/mol. The Labute approximate surface area is 98.8 Å². The van der Waals surface area contributed by atoms with E-state index in [0.717, 1.165) is 38.8 Å². The van der Waals surface area contributed by atoms with Crippen molar-refractivity contribution in [2.75, 3.05) is 24.6 Å². The molecule has 2 aliphatic heterocycles. The molecule has 0 aromatic heterocycles. The molecule has 0 radical (unpaired) electrons. The Balaban J connectivity index is 1.75. The van der Waals surface area contributed by atoms with Crippen LogP contribution >= 0.6 is 0 Å². The lowest BCUT2D eigenvalue weighted by Gasteiger charge is -2.29. The topological polar surface area (TPSA) is 46.6 Å². The first-order valence-electron chi connectivity index (χ1n) is 6.06. The maximum atomic E-state index is 11.8. The molecule has 0 atom stereocenters. The Kier molecular flexibility index (Phi) is 4.21. The minimum absolute atomic E-state index is 0.00729. The lowest BCUT2D eigenvalue weighted by Crippen LogP contribution is -2.39. The zero-order valence-corrected chi connectivity index (χ0v) is 10.3. The number of hydrogen-bond donors (Lipinski definition) is 0. The van der Waals surface area contributed by atoms with E-state index >= 15 is 0 Å². The number of nitrogens with zero attached hydrogens (tertiary/aromatic N) is 1. The Morgan fingerprint density at radius 3 is 2.38 bits per heavy atom. The third-order valence-electron chi connectivity index (χ3n) is 3.22. The van der Waals surface area contributed by atoms with E-state index in [1.54, 1.807) is 4.90 Å². The van der Waals surface area contributed by atoms with Gasteiger partial charge in [0.2, 0.25) is 0 Å². The molecule has 0 N–H and O–H groups in total. The van der Waals surface area contributed by atoms with Crippen LogP contribution in [0.1, 0.15) is 32.1 Å². The van der Waals surface area contributed by atoms with Gasteiger partial charge in [0.1, 0.15) is 6.10 Å². The fourth-order valence-corrected chi connectivity index (χ4v) is 3.44. The molecule has 16 heavy (non-hydrogen) atoms. The number of ether oxygens (including phenoxy) is 1. The minimum atomic E-state index is -0.685. The molecule has 5 heteroatoms. The van der Waals surface area contributed by atoms with Crippen LogP contribution in [0, 0.1) is 0 Å². The second-order valence-corrected chi connectivity index (χ2v) is 6.18. The summed E-state index contributed by atoms with van der Waals surface area (Å²) in [5.41, 5.74) is 0. The zero-order chi connectivity index (χ0) is 11.4. The average Bonchev–Trinajstić information content (AvgIpc) is 2.33. The third-order valence-corrected chi connectivity index (χ3v) is 4.60. The molecule has 0 aromatic rings. The maximum absolute atomic E-state index is 11.8. The van der Waals surface area contributed by atoms with Crippen LogP contribution in [0.2, 0.25) is 0 Å². The number of piperidine rings is 1. The molecule has 0 unspecified atom stereocenters. The van der Waals surface area contributed by atoms with E-state index in [1.165, 1.54) is 6.42 Å². The van der Waals surface area contributed by atoms with Crippen molar-refractivity contribution in [1.29, 1.82) is 0 Å². The summed E-state index contributed by atoms with van der Waals surface area (Å²) < 4.78 is 16.6. The molecule has 1 amide bonds. The smallest absolute Gasteiger partial charge is 0.410 e. The van der Waals surface area contributed by atoms with Gasteiger partial charge < -0.3 is 9.64 Å². The Morgan fingerprint density at radius 1 is 1.12 bits per heavy atom.